The SMILES string of the molecule is O=C(NC1CCCCC1)NC1CCN(S(=O)(=O)c2ccc(Cl)s2)CC1. The summed E-state index contributed by atoms with van der Waals surface area (Å²) >= 11 is 6.92. The number of carbonyl (C=O) groups excluding carboxylic acids is 1. The van der Waals surface area contributed by atoms with Gasteiger partial charge in [-0.05, 0) is 37.8 Å². The quantitative estimate of drug-likeness (QED) is 0.807. The lowest BCUT2D eigenvalue weighted by Gasteiger charge is -2.32. The van der Waals surface area contributed by atoms with Crippen molar-refractivity contribution in [3.63, 3.8) is 0 Å². The minimum absolute atomic E-state index is 0.0157. The van der Waals surface area contributed by atoms with Crippen LogP contribution in [0.3, 0.4) is 0 Å². The Morgan fingerprint density at radius 2 is 1.64 bits per heavy atom. The van der Waals surface area contributed by atoms with E-state index in [1.807, 2.05) is 0 Å². The van der Waals surface area contributed by atoms with E-state index in [0.717, 1.165) is 24.2 Å². The van der Waals surface area contributed by atoms with E-state index < -0.39 is 10.0 Å². The molecule has 0 bridgehead atoms. The van der Waals surface area contributed by atoms with Gasteiger partial charge in [0.1, 0.15) is 4.21 Å². The van der Waals surface area contributed by atoms with Crippen LogP contribution in [0.25, 0.3) is 0 Å². The molecule has 1 saturated heterocycles. The van der Waals surface area contributed by atoms with Crippen LogP contribution in [0.1, 0.15) is 44.9 Å². The van der Waals surface area contributed by atoms with Crippen LogP contribution in [-0.4, -0.2) is 43.9 Å². The van der Waals surface area contributed by atoms with E-state index in [-0.39, 0.29) is 22.3 Å². The Morgan fingerprint density at radius 1 is 1.04 bits per heavy atom. The topological polar surface area (TPSA) is 78.5 Å². The molecule has 140 valence electrons. The van der Waals surface area contributed by atoms with Crippen molar-refractivity contribution < 1.29 is 13.2 Å². The second-order valence-electron chi connectivity index (χ2n) is 6.69. The van der Waals surface area contributed by atoms with Gasteiger partial charge < -0.3 is 10.6 Å². The average Bonchev–Trinajstić information content (AvgIpc) is 3.03. The van der Waals surface area contributed by atoms with Crippen molar-refractivity contribution in [1.82, 2.24) is 14.9 Å². The van der Waals surface area contributed by atoms with Gasteiger partial charge in [0, 0.05) is 25.2 Å². The molecular weight excluding hydrogens is 382 g/mol. The molecule has 2 aliphatic rings. The summed E-state index contributed by atoms with van der Waals surface area (Å²) < 4.78 is 27.4. The van der Waals surface area contributed by atoms with Crippen molar-refractivity contribution in [2.24, 2.45) is 0 Å². The molecule has 1 aliphatic heterocycles. The van der Waals surface area contributed by atoms with Crippen LogP contribution in [-0.2, 0) is 10.0 Å². The van der Waals surface area contributed by atoms with E-state index in [1.54, 1.807) is 12.1 Å². The van der Waals surface area contributed by atoms with Gasteiger partial charge in [-0.15, -0.1) is 11.3 Å². The van der Waals surface area contributed by atoms with E-state index in [0.29, 0.717) is 30.3 Å². The van der Waals surface area contributed by atoms with E-state index >= 15 is 0 Å². The number of amides is 2. The summed E-state index contributed by atoms with van der Waals surface area (Å²) in [7, 11) is -3.48. The van der Waals surface area contributed by atoms with Crippen LogP contribution >= 0.6 is 22.9 Å². The number of halogens is 1. The number of nitrogens with zero attached hydrogens (tertiary/aromatic N) is 1. The van der Waals surface area contributed by atoms with Crippen LogP contribution in [0.15, 0.2) is 16.3 Å². The van der Waals surface area contributed by atoms with Crippen LogP contribution < -0.4 is 10.6 Å². The van der Waals surface area contributed by atoms with Crippen molar-refractivity contribution in [3.8, 4) is 0 Å². The summed E-state index contributed by atoms with van der Waals surface area (Å²) in [6.07, 6.45) is 6.94. The van der Waals surface area contributed by atoms with Crippen molar-refractivity contribution in [2.75, 3.05) is 13.1 Å². The van der Waals surface area contributed by atoms with Gasteiger partial charge in [-0.3, -0.25) is 0 Å². The zero-order chi connectivity index (χ0) is 17.9. The number of sulfonamides is 1. The van der Waals surface area contributed by atoms with Gasteiger partial charge in [0.05, 0.1) is 4.34 Å². The number of carbonyl (C=O) groups is 1. The van der Waals surface area contributed by atoms with Crippen molar-refractivity contribution in [2.45, 2.75) is 61.2 Å². The molecule has 25 heavy (non-hydrogen) atoms. The third-order valence-corrected chi connectivity index (χ3v) is 8.47. The number of hydrogen-bond acceptors (Lipinski definition) is 4. The second kappa shape index (κ2) is 8.24. The molecule has 2 N–H and O–H groups in total. The Hall–Kier alpha value is -0.830. The zero-order valence-corrected chi connectivity index (χ0v) is 16.4. The number of rotatable bonds is 4. The first-order chi connectivity index (χ1) is 11.9. The monoisotopic (exact) mass is 405 g/mol. The van der Waals surface area contributed by atoms with Crippen molar-refractivity contribution >= 4 is 39.0 Å². The molecule has 6 nitrogen and oxygen atoms in total. The highest BCUT2D eigenvalue weighted by Gasteiger charge is 2.31. The standard InChI is InChI=1S/C16H24ClN3O3S2/c17-14-6-7-15(24-14)25(22,23)20-10-8-13(9-11-20)19-16(21)18-12-4-2-1-3-5-12/h6-7,12-13H,1-5,8-11H2,(H2,18,19,21). The number of piperidine rings is 1. The summed E-state index contributed by atoms with van der Waals surface area (Å²) in [4.78, 5) is 12.1. The second-order valence-corrected chi connectivity index (χ2v) is 10.6. The Balaban J connectivity index is 1.47. The molecule has 3 rings (SSSR count). The van der Waals surface area contributed by atoms with Crippen molar-refractivity contribution in [3.05, 3.63) is 16.5 Å². The molecule has 2 fully saturated rings. The fourth-order valence-electron chi connectivity index (χ4n) is 3.46. The van der Waals surface area contributed by atoms with E-state index in [1.165, 1.54) is 23.6 Å². The molecule has 1 aromatic rings. The lowest BCUT2D eigenvalue weighted by molar-refractivity contribution is 0.220. The maximum absolute atomic E-state index is 12.6. The molecule has 2 amide bonds. The minimum atomic E-state index is -3.48. The predicted octanol–water partition coefficient (Wildman–Crippen LogP) is 3.19. The van der Waals surface area contributed by atoms with Crippen LogP contribution in [0.5, 0.6) is 0 Å². The summed E-state index contributed by atoms with van der Waals surface area (Å²) in [6, 6.07) is 3.31. The Kier molecular flexibility index (Phi) is 6.25. The molecule has 1 saturated carbocycles. The smallest absolute Gasteiger partial charge is 0.315 e. The fraction of sp³-hybridized carbons (Fsp3) is 0.688. The first-order valence-electron chi connectivity index (χ1n) is 8.77. The highest BCUT2D eigenvalue weighted by atomic mass is 35.5. The van der Waals surface area contributed by atoms with E-state index in [4.69, 9.17) is 11.6 Å². The minimum Gasteiger partial charge on any atom is -0.335 e. The van der Waals surface area contributed by atoms with Gasteiger partial charge in [0.15, 0.2) is 0 Å². The first kappa shape index (κ1) is 18.9. The molecule has 2 heterocycles. The lowest BCUT2D eigenvalue weighted by atomic mass is 9.96. The third-order valence-electron chi connectivity index (χ3n) is 4.87. The highest BCUT2D eigenvalue weighted by Crippen LogP contribution is 2.29. The number of hydrogen-bond donors (Lipinski definition) is 2. The van der Waals surface area contributed by atoms with Gasteiger partial charge in [-0.2, -0.15) is 4.31 Å². The Labute approximate surface area is 158 Å². The summed E-state index contributed by atoms with van der Waals surface area (Å²) in [6.45, 7) is 0.818. The van der Waals surface area contributed by atoms with Crippen molar-refractivity contribution in [1.29, 1.82) is 0 Å². The molecule has 9 heteroatoms. The summed E-state index contributed by atoms with van der Waals surface area (Å²) in [5.74, 6) is 0. The first-order valence-corrected chi connectivity index (χ1v) is 11.4. The van der Waals surface area contributed by atoms with E-state index in [2.05, 4.69) is 10.6 Å². The van der Waals surface area contributed by atoms with Gasteiger partial charge in [0.25, 0.3) is 10.0 Å². The molecule has 0 radical (unpaired) electrons. The molecule has 0 atom stereocenters. The molecular formula is C16H24ClN3O3S2. The molecule has 0 unspecified atom stereocenters. The number of urea groups is 1. The van der Waals surface area contributed by atoms with Gasteiger partial charge in [-0.1, -0.05) is 30.9 Å². The predicted molar refractivity (Wildman–Crippen MR) is 99.7 cm³/mol. The van der Waals surface area contributed by atoms with Crippen LogP contribution in [0.4, 0.5) is 4.79 Å². The third kappa shape index (κ3) is 4.87. The lowest BCUT2D eigenvalue weighted by Crippen LogP contribution is -2.51. The zero-order valence-electron chi connectivity index (χ0n) is 14.0. The van der Waals surface area contributed by atoms with Gasteiger partial charge in [0.2, 0.25) is 0 Å². The van der Waals surface area contributed by atoms with E-state index in [9.17, 15) is 13.2 Å². The number of nitrogens with one attached hydrogen (secondary N) is 2. The molecule has 0 spiro atoms. The molecule has 0 aromatic carbocycles. The van der Waals surface area contributed by atoms with Crippen LogP contribution in [0.2, 0.25) is 4.34 Å². The highest BCUT2D eigenvalue weighted by molar-refractivity contribution is 7.91. The maximum atomic E-state index is 12.6. The normalized spacial score (nSPS) is 21.2. The van der Waals surface area contributed by atoms with Crippen LogP contribution in [0, 0.1) is 0 Å². The number of thiophene rings is 1. The van der Waals surface area contributed by atoms with Gasteiger partial charge in [-0.25, -0.2) is 13.2 Å². The Bertz CT molecular complexity index is 693. The Morgan fingerprint density at radius 3 is 2.20 bits per heavy atom. The molecule has 1 aromatic heterocycles. The largest absolute Gasteiger partial charge is 0.335 e. The van der Waals surface area contributed by atoms with Gasteiger partial charge >= 0.3 is 6.03 Å². The molecule has 1 aliphatic carbocycles. The summed E-state index contributed by atoms with van der Waals surface area (Å²) in [5.41, 5.74) is 0. The average molecular weight is 406 g/mol. The fourth-order valence-corrected chi connectivity index (χ4v) is 6.57. The maximum Gasteiger partial charge on any atom is 0.315 e. The summed E-state index contributed by atoms with van der Waals surface area (Å²) in [5, 5.41) is 6.03.